The van der Waals surface area contributed by atoms with Gasteiger partial charge in [0.05, 0.1) is 6.10 Å². The predicted molar refractivity (Wildman–Crippen MR) is 105 cm³/mol. The molecule has 2 aromatic carbocycles. The molecule has 164 valence electrons. The lowest BCUT2D eigenvalue weighted by Gasteiger charge is -2.43. The molecular weight excluding hydrogens is 412 g/mol. The van der Waals surface area contributed by atoms with Gasteiger partial charge in [0.25, 0.3) is 0 Å². The first-order valence-electron chi connectivity index (χ1n) is 9.33. The van der Waals surface area contributed by atoms with E-state index < -0.39 is 41.6 Å². The van der Waals surface area contributed by atoms with E-state index in [1.54, 1.807) is 0 Å². The van der Waals surface area contributed by atoms with Crippen molar-refractivity contribution in [1.29, 1.82) is 0 Å². The second-order valence-corrected chi connectivity index (χ2v) is 7.32. The van der Waals surface area contributed by atoms with Crippen molar-refractivity contribution in [2.24, 2.45) is 0 Å². The summed E-state index contributed by atoms with van der Waals surface area (Å²) in [6, 6.07) is 9.26. The van der Waals surface area contributed by atoms with E-state index in [0.717, 1.165) is 6.07 Å². The van der Waals surface area contributed by atoms with E-state index >= 15 is 0 Å². The molecule has 4 rings (SSSR count). The number of hydrogen-bond donors (Lipinski definition) is 6. The van der Waals surface area contributed by atoms with Crippen LogP contribution in [0.25, 0.3) is 22.3 Å². The Hall–Kier alpha value is -3.15. The molecule has 0 aliphatic carbocycles. The zero-order valence-electron chi connectivity index (χ0n) is 16.2. The number of aliphatic hydroxyl groups excluding tert-OH is 3. The van der Waals surface area contributed by atoms with Crippen molar-refractivity contribution in [2.75, 3.05) is 0 Å². The molecule has 3 aromatic rings. The van der Waals surface area contributed by atoms with Crippen LogP contribution in [0.15, 0.2) is 51.7 Å². The van der Waals surface area contributed by atoms with Crippen LogP contribution in [0.5, 0.6) is 17.2 Å². The summed E-state index contributed by atoms with van der Waals surface area (Å²) in [5.74, 6) is -3.32. The van der Waals surface area contributed by atoms with E-state index in [4.69, 9.17) is 13.9 Å². The molecule has 10 heteroatoms. The van der Waals surface area contributed by atoms with Gasteiger partial charge in [0.2, 0.25) is 0 Å². The fourth-order valence-electron chi connectivity index (χ4n) is 3.41. The summed E-state index contributed by atoms with van der Waals surface area (Å²) < 4.78 is 16.1. The van der Waals surface area contributed by atoms with E-state index in [9.17, 15) is 35.4 Å². The van der Waals surface area contributed by atoms with Crippen LogP contribution < -0.4 is 10.2 Å². The maximum absolute atomic E-state index is 12.5. The minimum atomic E-state index is -2.74. The molecule has 1 aliphatic rings. The lowest BCUT2D eigenvalue weighted by atomic mass is 9.98. The molecule has 1 fully saturated rings. The van der Waals surface area contributed by atoms with Crippen LogP contribution >= 0.6 is 0 Å². The van der Waals surface area contributed by atoms with Crippen molar-refractivity contribution >= 4 is 11.0 Å². The Labute approximate surface area is 174 Å². The normalized spacial score (nSPS) is 28.5. The van der Waals surface area contributed by atoms with Gasteiger partial charge in [0.15, 0.2) is 11.5 Å². The number of benzene rings is 2. The van der Waals surface area contributed by atoms with E-state index in [2.05, 4.69) is 0 Å². The fraction of sp³-hybridized carbons (Fsp3) is 0.286. The molecule has 0 spiro atoms. The average molecular weight is 432 g/mol. The third kappa shape index (κ3) is 3.71. The first-order valence-corrected chi connectivity index (χ1v) is 9.33. The molecule has 2 heterocycles. The number of rotatable bonds is 3. The summed E-state index contributed by atoms with van der Waals surface area (Å²) in [5.41, 5.74) is -0.153. The Kier molecular flexibility index (Phi) is 5.12. The molecule has 0 saturated carbocycles. The van der Waals surface area contributed by atoms with Crippen molar-refractivity contribution < 1.29 is 44.5 Å². The predicted octanol–water partition coefficient (Wildman–Crippen LogP) is 0.397. The van der Waals surface area contributed by atoms with Gasteiger partial charge in [-0.1, -0.05) is 0 Å². The Morgan fingerprint density at radius 3 is 2.35 bits per heavy atom. The number of aliphatic hydroxyl groups is 4. The van der Waals surface area contributed by atoms with E-state index in [-0.39, 0.29) is 28.2 Å². The number of ether oxygens (including phenoxy) is 2. The zero-order valence-corrected chi connectivity index (χ0v) is 16.2. The van der Waals surface area contributed by atoms with Gasteiger partial charge in [-0.3, -0.25) is 4.79 Å². The highest BCUT2D eigenvalue weighted by atomic mass is 16.8. The second-order valence-electron chi connectivity index (χ2n) is 7.32. The van der Waals surface area contributed by atoms with Gasteiger partial charge in [-0.2, -0.15) is 0 Å². The molecule has 5 atom stereocenters. The standard InChI is InChI=1S/C21H20O10/c1-9-18(25)19(26)20(27)21(28,30-9)31-12-6-13(23)17-14(24)8-15(29-16(17)7-12)10-2-4-11(22)5-3-10/h2-9,18-20,22-23,25-28H,1H3/t9-,18-,19+,20+,21?/m0/s1. The smallest absolute Gasteiger partial charge is 0.355 e. The highest BCUT2D eigenvalue weighted by Crippen LogP contribution is 2.35. The number of fused-ring (bicyclic) bond motifs is 1. The van der Waals surface area contributed by atoms with E-state index in [0.29, 0.717) is 5.56 Å². The van der Waals surface area contributed by atoms with E-state index in [1.807, 2.05) is 0 Å². The van der Waals surface area contributed by atoms with Crippen LogP contribution in [-0.4, -0.2) is 61.0 Å². The van der Waals surface area contributed by atoms with Crippen molar-refractivity contribution in [3.8, 4) is 28.6 Å². The number of phenols is 2. The lowest BCUT2D eigenvalue weighted by molar-refractivity contribution is -0.417. The third-order valence-corrected chi connectivity index (χ3v) is 5.08. The first-order chi connectivity index (χ1) is 14.6. The largest absolute Gasteiger partial charge is 0.508 e. The summed E-state index contributed by atoms with van der Waals surface area (Å²) in [6.45, 7) is 1.36. The summed E-state index contributed by atoms with van der Waals surface area (Å²) in [6.07, 6.45) is -6.35. The van der Waals surface area contributed by atoms with Crippen LogP contribution in [0, 0.1) is 0 Å². The molecule has 0 radical (unpaired) electrons. The summed E-state index contributed by atoms with van der Waals surface area (Å²) in [4.78, 5) is 12.5. The van der Waals surface area contributed by atoms with E-state index in [1.165, 1.54) is 43.3 Å². The highest BCUT2D eigenvalue weighted by molar-refractivity contribution is 5.86. The number of phenolic OH excluding ortho intramolecular Hbond substituents is 2. The molecule has 1 aromatic heterocycles. The molecule has 6 N–H and O–H groups in total. The van der Waals surface area contributed by atoms with Crippen molar-refractivity contribution in [2.45, 2.75) is 37.3 Å². The van der Waals surface area contributed by atoms with Crippen LogP contribution in [0.2, 0.25) is 0 Å². The minimum Gasteiger partial charge on any atom is -0.508 e. The Morgan fingerprint density at radius 2 is 1.68 bits per heavy atom. The van der Waals surface area contributed by atoms with Gasteiger partial charge in [0, 0.05) is 23.8 Å². The third-order valence-electron chi connectivity index (χ3n) is 5.08. The monoisotopic (exact) mass is 432 g/mol. The van der Waals surface area contributed by atoms with Crippen LogP contribution in [-0.2, 0) is 4.74 Å². The Balaban J connectivity index is 1.76. The SMILES string of the molecule is C[C@@H]1OC(O)(Oc2cc(O)c3c(=O)cc(-c4ccc(O)cc4)oc3c2)[C@H](O)[C@H](O)[C@H]1O. The number of hydrogen-bond acceptors (Lipinski definition) is 10. The molecule has 31 heavy (non-hydrogen) atoms. The fourth-order valence-corrected chi connectivity index (χ4v) is 3.41. The molecular formula is C21H20O10. The average Bonchev–Trinajstić information content (AvgIpc) is 2.70. The van der Waals surface area contributed by atoms with Crippen LogP contribution in [0.4, 0.5) is 0 Å². The lowest BCUT2D eigenvalue weighted by Crippen LogP contribution is -2.66. The van der Waals surface area contributed by atoms with Gasteiger partial charge < -0.3 is 44.5 Å². The second kappa shape index (κ2) is 7.52. The first kappa shape index (κ1) is 21.1. The molecule has 1 unspecified atom stereocenters. The minimum absolute atomic E-state index is 0.0287. The van der Waals surface area contributed by atoms with Crippen LogP contribution in [0.1, 0.15) is 6.92 Å². The maximum Gasteiger partial charge on any atom is 0.355 e. The van der Waals surface area contributed by atoms with Gasteiger partial charge in [-0.05, 0) is 31.2 Å². The van der Waals surface area contributed by atoms with Crippen molar-refractivity contribution in [1.82, 2.24) is 0 Å². The van der Waals surface area contributed by atoms with Gasteiger partial charge in [-0.15, -0.1) is 0 Å². The Bertz CT molecular complexity index is 1170. The van der Waals surface area contributed by atoms with Gasteiger partial charge in [0.1, 0.15) is 46.2 Å². The quantitative estimate of drug-likeness (QED) is 0.318. The molecule has 10 nitrogen and oxygen atoms in total. The zero-order chi connectivity index (χ0) is 22.5. The number of aromatic hydroxyl groups is 2. The molecule has 0 amide bonds. The summed E-state index contributed by atoms with van der Waals surface area (Å²) >= 11 is 0. The van der Waals surface area contributed by atoms with Gasteiger partial charge >= 0.3 is 5.97 Å². The molecule has 1 aliphatic heterocycles. The molecule has 1 saturated heterocycles. The summed E-state index contributed by atoms with van der Waals surface area (Å²) in [7, 11) is 0. The van der Waals surface area contributed by atoms with Crippen LogP contribution in [0.3, 0.4) is 0 Å². The van der Waals surface area contributed by atoms with Crippen molar-refractivity contribution in [3.05, 3.63) is 52.7 Å². The Morgan fingerprint density at radius 1 is 1.00 bits per heavy atom. The summed E-state index contributed by atoms with van der Waals surface area (Å²) in [5, 5.41) is 60.0. The highest BCUT2D eigenvalue weighted by Gasteiger charge is 2.54. The maximum atomic E-state index is 12.5. The van der Waals surface area contributed by atoms with Crippen molar-refractivity contribution in [3.63, 3.8) is 0 Å². The topological polar surface area (TPSA) is 170 Å². The molecule has 0 bridgehead atoms. The van der Waals surface area contributed by atoms with Gasteiger partial charge in [-0.25, -0.2) is 0 Å².